The van der Waals surface area contributed by atoms with Crippen molar-refractivity contribution < 1.29 is 9.72 Å². The number of rotatable bonds is 4. The number of aromatic nitrogens is 1. The van der Waals surface area contributed by atoms with Crippen molar-refractivity contribution >= 4 is 22.5 Å². The molecule has 2 heterocycles. The molecule has 38 heavy (non-hydrogen) atoms. The maximum atomic E-state index is 14.1. The summed E-state index contributed by atoms with van der Waals surface area (Å²) in [7, 11) is 4.29. The van der Waals surface area contributed by atoms with E-state index in [1.165, 1.54) is 28.6 Å². The van der Waals surface area contributed by atoms with E-state index in [1.807, 2.05) is 11.0 Å². The summed E-state index contributed by atoms with van der Waals surface area (Å²) in [6, 6.07) is 25.2. The lowest BCUT2D eigenvalue weighted by Crippen LogP contribution is -2.58. The zero-order chi connectivity index (χ0) is 26.5. The number of amides is 1. The van der Waals surface area contributed by atoms with Crippen molar-refractivity contribution in [2.45, 2.75) is 43.2 Å². The van der Waals surface area contributed by atoms with E-state index in [0.717, 1.165) is 43.3 Å². The van der Waals surface area contributed by atoms with Crippen molar-refractivity contribution in [1.29, 1.82) is 0 Å². The summed E-state index contributed by atoms with van der Waals surface area (Å²) in [5.74, 6) is -0.143. The summed E-state index contributed by atoms with van der Waals surface area (Å²) in [4.78, 5) is 33.2. The Bertz CT molecular complexity index is 1520. The number of hydrogen-bond donors (Lipinski definition) is 1. The molecule has 0 bridgehead atoms. The van der Waals surface area contributed by atoms with Gasteiger partial charge in [-0.05, 0) is 69.5 Å². The number of non-ortho nitro benzene ring substituents is 1. The number of nitro benzene ring substituents is 1. The Labute approximate surface area is 222 Å². The molecule has 0 radical (unpaired) electrons. The van der Waals surface area contributed by atoms with Gasteiger partial charge in [0.1, 0.15) is 0 Å². The van der Waals surface area contributed by atoms with Gasteiger partial charge in [-0.25, -0.2) is 0 Å². The molecule has 1 N–H and O–H groups in total. The molecule has 1 saturated carbocycles. The summed E-state index contributed by atoms with van der Waals surface area (Å²) in [6.45, 7) is 0.580. The fraction of sp³-hybridized carbons (Fsp3) is 0.323. The number of hydrogen-bond acceptors (Lipinski definition) is 4. The van der Waals surface area contributed by atoms with Gasteiger partial charge in [0.25, 0.3) is 11.6 Å². The van der Waals surface area contributed by atoms with Crippen LogP contribution in [0.15, 0.2) is 78.9 Å². The first kappa shape index (κ1) is 24.4. The topological polar surface area (TPSA) is 82.5 Å². The van der Waals surface area contributed by atoms with Crippen molar-refractivity contribution in [3.8, 4) is 0 Å². The molecule has 4 aromatic rings. The first-order chi connectivity index (χ1) is 18.4. The van der Waals surface area contributed by atoms with Crippen LogP contribution >= 0.6 is 0 Å². The number of carbonyl (C=O) groups excluding carboxylic acids is 1. The summed E-state index contributed by atoms with van der Waals surface area (Å²) in [6.07, 6.45) is 4.11. The quantitative estimate of drug-likeness (QED) is 0.271. The molecule has 7 heteroatoms. The van der Waals surface area contributed by atoms with Gasteiger partial charge in [-0.1, -0.05) is 54.6 Å². The Balaban J connectivity index is 1.46. The van der Waals surface area contributed by atoms with E-state index in [0.29, 0.717) is 12.1 Å². The first-order valence-electron chi connectivity index (χ1n) is 13.3. The number of nitrogens with one attached hydrogen (secondary N) is 1. The SMILES string of the molecule is CN(C)C1(c2ccccc2)CCC2(CC1)c1[nH]c3ccccc3c1CCN2C(=O)c1cccc([N+](=O)[O-])c1. The number of para-hydroxylation sites is 1. The number of fused-ring (bicyclic) bond motifs is 4. The number of H-pyrrole nitrogens is 1. The number of carbonyl (C=O) groups is 1. The second-order valence-electron chi connectivity index (χ2n) is 10.9. The summed E-state index contributed by atoms with van der Waals surface area (Å²) < 4.78 is 0. The molecule has 1 aliphatic carbocycles. The third kappa shape index (κ3) is 3.64. The maximum absolute atomic E-state index is 14.1. The predicted octanol–water partition coefficient (Wildman–Crippen LogP) is 6.00. The van der Waals surface area contributed by atoms with Crippen LogP contribution in [0.4, 0.5) is 5.69 Å². The highest BCUT2D eigenvalue weighted by molar-refractivity contribution is 5.96. The average Bonchev–Trinajstić information content (AvgIpc) is 3.34. The largest absolute Gasteiger partial charge is 0.356 e. The molecule has 1 amide bonds. The molecule has 0 saturated heterocycles. The van der Waals surface area contributed by atoms with Gasteiger partial charge in [-0.3, -0.25) is 19.8 Å². The van der Waals surface area contributed by atoms with Crippen molar-refractivity contribution in [2.24, 2.45) is 0 Å². The van der Waals surface area contributed by atoms with Crippen LogP contribution in [-0.2, 0) is 17.5 Å². The van der Waals surface area contributed by atoms with Crippen molar-refractivity contribution in [1.82, 2.24) is 14.8 Å². The molecule has 3 aromatic carbocycles. The minimum atomic E-state index is -0.511. The minimum Gasteiger partial charge on any atom is -0.356 e. The molecule has 1 aromatic heterocycles. The van der Waals surface area contributed by atoms with Gasteiger partial charge >= 0.3 is 0 Å². The summed E-state index contributed by atoms with van der Waals surface area (Å²) in [5, 5.41) is 12.7. The molecule has 1 aliphatic heterocycles. The van der Waals surface area contributed by atoms with Crippen LogP contribution < -0.4 is 0 Å². The van der Waals surface area contributed by atoms with E-state index in [2.05, 4.69) is 72.5 Å². The monoisotopic (exact) mass is 508 g/mol. The molecule has 0 unspecified atom stereocenters. The first-order valence-corrected chi connectivity index (χ1v) is 13.3. The smallest absolute Gasteiger partial charge is 0.270 e. The van der Waals surface area contributed by atoms with Gasteiger partial charge in [-0.2, -0.15) is 0 Å². The molecule has 2 aliphatic rings. The van der Waals surface area contributed by atoms with Crippen molar-refractivity contribution in [2.75, 3.05) is 20.6 Å². The van der Waals surface area contributed by atoms with E-state index >= 15 is 0 Å². The Kier molecular flexibility index (Phi) is 5.83. The van der Waals surface area contributed by atoms with Crippen LogP contribution in [0.1, 0.15) is 52.9 Å². The van der Waals surface area contributed by atoms with Crippen LogP contribution in [0.5, 0.6) is 0 Å². The molecular formula is C31H32N4O3. The van der Waals surface area contributed by atoms with Crippen LogP contribution in [-0.4, -0.2) is 46.3 Å². The average molecular weight is 509 g/mol. The second-order valence-corrected chi connectivity index (χ2v) is 10.9. The van der Waals surface area contributed by atoms with E-state index in [4.69, 9.17) is 0 Å². The van der Waals surface area contributed by atoms with Gasteiger partial charge in [0.15, 0.2) is 0 Å². The van der Waals surface area contributed by atoms with E-state index in [9.17, 15) is 14.9 Å². The van der Waals surface area contributed by atoms with Crippen molar-refractivity contribution in [3.63, 3.8) is 0 Å². The van der Waals surface area contributed by atoms with Crippen LogP contribution in [0.3, 0.4) is 0 Å². The number of nitro groups is 1. The van der Waals surface area contributed by atoms with Crippen LogP contribution in [0.25, 0.3) is 10.9 Å². The van der Waals surface area contributed by atoms with Gasteiger partial charge in [-0.15, -0.1) is 0 Å². The summed E-state index contributed by atoms with van der Waals surface area (Å²) >= 11 is 0. The number of nitrogens with zero attached hydrogens (tertiary/aromatic N) is 3. The molecule has 7 nitrogen and oxygen atoms in total. The van der Waals surface area contributed by atoms with Gasteiger partial charge in [0.05, 0.1) is 10.5 Å². The molecule has 6 rings (SSSR count). The third-order valence-corrected chi connectivity index (χ3v) is 9.00. The highest BCUT2D eigenvalue weighted by Crippen LogP contribution is 2.53. The predicted molar refractivity (Wildman–Crippen MR) is 148 cm³/mol. The zero-order valence-electron chi connectivity index (χ0n) is 21.8. The number of benzene rings is 3. The Morgan fingerprint density at radius 1 is 0.947 bits per heavy atom. The molecule has 194 valence electrons. The van der Waals surface area contributed by atoms with Crippen LogP contribution in [0, 0.1) is 10.1 Å². The van der Waals surface area contributed by atoms with Crippen LogP contribution in [0.2, 0.25) is 0 Å². The Morgan fingerprint density at radius 2 is 1.66 bits per heavy atom. The number of aromatic amines is 1. The fourth-order valence-corrected chi connectivity index (χ4v) is 6.97. The lowest BCUT2D eigenvalue weighted by Gasteiger charge is -2.55. The molecular weight excluding hydrogens is 476 g/mol. The molecule has 0 atom stereocenters. The molecule has 1 fully saturated rings. The van der Waals surface area contributed by atoms with Gasteiger partial charge in [0, 0.05) is 46.4 Å². The second kappa shape index (κ2) is 9.10. The Morgan fingerprint density at radius 3 is 2.37 bits per heavy atom. The van der Waals surface area contributed by atoms with E-state index < -0.39 is 10.5 Å². The van der Waals surface area contributed by atoms with Gasteiger partial charge in [0.2, 0.25) is 0 Å². The van der Waals surface area contributed by atoms with Crippen molar-refractivity contribution in [3.05, 3.63) is 111 Å². The third-order valence-electron chi connectivity index (χ3n) is 9.00. The molecule has 1 spiro atoms. The highest BCUT2D eigenvalue weighted by atomic mass is 16.6. The normalized spacial score (nSPS) is 23.1. The maximum Gasteiger partial charge on any atom is 0.270 e. The standard InChI is InChI=1S/C31H32N4O3/c1-33(2)30(23-10-4-3-5-11-23)16-18-31(19-17-30)28-26(25-13-6-7-14-27(25)32-28)15-20-34(31)29(36)22-9-8-12-24(21-22)35(37)38/h3-14,21,32H,15-20H2,1-2H3. The minimum absolute atomic E-state index is 0.0624. The highest BCUT2D eigenvalue weighted by Gasteiger charge is 2.53. The zero-order valence-corrected chi connectivity index (χ0v) is 21.8. The Hall–Kier alpha value is -3.97. The fourth-order valence-electron chi connectivity index (χ4n) is 6.97. The van der Waals surface area contributed by atoms with Gasteiger partial charge < -0.3 is 9.88 Å². The lowest BCUT2D eigenvalue weighted by atomic mass is 9.65. The summed E-state index contributed by atoms with van der Waals surface area (Å²) in [5.41, 5.74) is 4.47. The lowest BCUT2D eigenvalue weighted by molar-refractivity contribution is -0.384. The van der Waals surface area contributed by atoms with E-state index in [-0.39, 0.29) is 17.1 Å². The van der Waals surface area contributed by atoms with E-state index in [1.54, 1.807) is 12.1 Å².